The van der Waals surface area contributed by atoms with E-state index in [1.54, 1.807) is 24.3 Å². The number of carbonyl (C=O) groups is 2. The van der Waals surface area contributed by atoms with Gasteiger partial charge in [-0.3, -0.25) is 9.59 Å². The normalized spacial score (nSPS) is 10.0. The van der Waals surface area contributed by atoms with Crippen molar-refractivity contribution in [1.82, 2.24) is 5.32 Å². The minimum Gasteiger partial charge on any atom is -0.343 e. The van der Waals surface area contributed by atoms with Crippen LogP contribution in [0.25, 0.3) is 0 Å². The first kappa shape index (κ1) is 15.0. The van der Waals surface area contributed by atoms with Gasteiger partial charge in [0.05, 0.1) is 17.1 Å². The van der Waals surface area contributed by atoms with Crippen molar-refractivity contribution in [2.24, 2.45) is 0 Å². The molecule has 0 unspecified atom stereocenters. The molecule has 0 heterocycles. The second kappa shape index (κ2) is 6.85. The summed E-state index contributed by atoms with van der Waals surface area (Å²) in [7, 11) is 0. The number of amides is 2. The molecule has 4 nitrogen and oxygen atoms in total. The van der Waals surface area contributed by atoms with Crippen LogP contribution in [0, 0.1) is 5.82 Å². The predicted molar refractivity (Wildman–Crippen MR) is 78.8 cm³/mol. The largest absolute Gasteiger partial charge is 0.343 e. The maximum absolute atomic E-state index is 13.5. The fraction of sp³-hybridized carbons (Fsp3) is 0.0667. The van der Waals surface area contributed by atoms with Gasteiger partial charge in [0.2, 0.25) is 5.91 Å². The topological polar surface area (TPSA) is 58.2 Å². The van der Waals surface area contributed by atoms with E-state index in [0.717, 1.165) is 6.07 Å². The smallest absolute Gasteiger partial charge is 0.256 e. The molecule has 108 valence electrons. The van der Waals surface area contributed by atoms with E-state index >= 15 is 0 Å². The summed E-state index contributed by atoms with van der Waals surface area (Å²) in [5.41, 5.74) is 0.340. The Morgan fingerprint density at radius 3 is 2.43 bits per heavy atom. The average Bonchev–Trinajstić information content (AvgIpc) is 2.46. The molecule has 2 aromatic rings. The maximum atomic E-state index is 13.5. The Balaban J connectivity index is 1.94. The van der Waals surface area contributed by atoms with E-state index in [-0.39, 0.29) is 17.1 Å². The van der Waals surface area contributed by atoms with Gasteiger partial charge in [-0.15, -0.1) is 0 Å². The van der Waals surface area contributed by atoms with E-state index in [1.807, 2.05) is 6.07 Å². The summed E-state index contributed by atoms with van der Waals surface area (Å²) in [5.74, 6) is -1.88. The van der Waals surface area contributed by atoms with Crippen molar-refractivity contribution in [3.8, 4) is 0 Å². The van der Waals surface area contributed by atoms with Gasteiger partial charge in [-0.05, 0) is 24.3 Å². The van der Waals surface area contributed by atoms with Crippen LogP contribution in [0.4, 0.5) is 10.1 Å². The van der Waals surface area contributed by atoms with Crippen molar-refractivity contribution in [2.45, 2.75) is 0 Å². The molecule has 0 radical (unpaired) electrons. The SMILES string of the molecule is O=C(CNC(=O)c1c(F)cccc1Cl)Nc1ccccc1. The molecule has 0 saturated carbocycles. The van der Waals surface area contributed by atoms with Gasteiger partial charge >= 0.3 is 0 Å². The molecule has 2 amide bonds. The number of hydrogen-bond donors (Lipinski definition) is 2. The van der Waals surface area contributed by atoms with Gasteiger partial charge in [0.15, 0.2) is 0 Å². The third-order valence-electron chi connectivity index (χ3n) is 2.66. The van der Waals surface area contributed by atoms with Crippen LogP contribution in [0.3, 0.4) is 0 Å². The first-order valence-corrected chi connectivity index (χ1v) is 6.53. The second-order valence-corrected chi connectivity index (χ2v) is 4.60. The van der Waals surface area contributed by atoms with Crippen LogP contribution in [0.5, 0.6) is 0 Å². The van der Waals surface area contributed by atoms with Crippen molar-refractivity contribution >= 4 is 29.1 Å². The molecule has 0 saturated heterocycles. The maximum Gasteiger partial charge on any atom is 0.256 e. The van der Waals surface area contributed by atoms with Gasteiger partial charge in [-0.25, -0.2) is 4.39 Å². The first-order chi connectivity index (χ1) is 10.1. The molecular formula is C15H12ClFN2O2. The van der Waals surface area contributed by atoms with Gasteiger partial charge in [0.25, 0.3) is 5.91 Å². The lowest BCUT2D eigenvalue weighted by Gasteiger charge is -2.08. The van der Waals surface area contributed by atoms with Crippen LogP contribution in [0.15, 0.2) is 48.5 Å². The highest BCUT2D eigenvalue weighted by molar-refractivity contribution is 6.33. The number of carbonyl (C=O) groups excluding carboxylic acids is 2. The van der Waals surface area contributed by atoms with Gasteiger partial charge in [0, 0.05) is 5.69 Å². The minimum absolute atomic E-state index is 0.00373. The predicted octanol–water partition coefficient (Wildman–Crippen LogP) is 2.85. The monoisotopic (exact) mass is 306 g/mol. The van der Waals surface area contributed by atoms with E-state index in [0.29, 0.717) is 5.69 Å². The molecular weight excluding hydrogens is 295 g/mol. The van der Waals surface area contributed by atoms with Crippen molar-refractivity contribution in [1.29, 1.82) is 0 Å². The zero-order valence-electron chi connectivity index (χ0n) is 10.9. The number of benzene rings is 2. The lowest BCUT2D eigenvalue weighted by Crippen LogP contribution is -2.33. The molecule has 21 heavy (non-hydrogen) atoms. The molecule has 0 spiro atoms. The van der Waals surface area contributed by atoms with Gasteiger partial charge in [0.1, 0.15) is 5.82 Å². The number of nitrogens with one attached hydrogen (secondary N) is 2. The highest BCUT2D eigenvalue weighted by Gasteiger charge is 2.16. The first-order valence-electron chi connectivity index (χ1n) is 6.15. The summed E-state index contributed by atoms with van der Waals surface area (Å²) in [6, 6.07) is 12.7. The molecule has 2 N–H and O–H groups in total. The summed E-state index contributed by atoms with van der Waals surface area (Å²) >= 11 is 5.77. The third kappa shape index (κ3) is 4.03. The van der Waals surface area contributed by atoms with Crippen LogP contribution in [-0.2, 0) is 4.79 Å². The summed E-state index contributed by atoms with van der Waals surface area (Å²) in [5, 5.41) is 4.92. The van der Waals surface area contributed by atoms with E-state index < -0.39 is 17.6 Å². The lowest BCUT2D eigenvalue weighted by atomic mass is 10.2. The molecule has 2 rings (SSSR count). The molecule has 2 aromatic carbocycles. The molecule has 0 fully saturated rings. The van der Waals surface area contributed by atoms with E-state index in [1.165, 1.54) is 12.1 Å². The lowest BCUT2D eigenvalue weighted by molar-refractivity contribution is -0.115. The molecule has 0 bridgehead atoms. The van der Waals surface area contributed by atoms with Gasteiger partial charge < -0.3 is 10.6 Å². The molecule has 0 aromatic heterocycles. The zero-order valence-corrected chi connectivity index (χ0v) is 11.7. The fourth-order valence-corrected chi connectivity index (χ4v) is 1.94. The van der Waals surface area contributed by atoms with Crippen LogP contribution in [0.1, 0.15) is 10.4 Å². The number of anilines is 1. The Labute approximate surface area is 125 Å². The van der Waals surface area contributed by atoms with Crippen molar-refractivity contribution in [3.63, 3.8) is 0 Å². The van der Waals surface area contributed by atoms with Crippen molar-refractivity contribution in [3.05, 3.63) is 64.9 Å². The fourth-order valence-electron chi connectivity index (χ4n) is 1.69. The Bertz CT molecular complexity index is 642. The summed E-state index contributed by atoms with van der Waals surface area (Å²) in [4.78, 5) is 23.5. The van der Waals surface area contributed by atoms with Crippen LogP contribution in [0.2, 0.25) is 5.02 Å². The Morgan fingerprint density at radius 2 is 1.76 bits per heavy atom. The summed E-state index contributed by atoms with van der Waals surface area (Å²) in [6.45, 7) is -0.279. The molecule has 0 atom stereocenters. The summed E-state index contributed by atoms with van der Waals surface area (Å²) in [6.07, 6.45) is 0. The summed E-state index contributed by atoms with van der Waals surface area (Å²) < 4.78 is 13.5. The van der Waals surface area contributed by atoms with Crippen LogP contribution in [-0.4, -0.2) is 18.4 Å². The Kier molecular flexibility index (Phi) is 4.90. The number of rotatable bonds is 4. The minimum atomic E-state index is -0.735. The van der Waals surface area contributed by atoms with E-state index in [9.17, 15) is 14.0 Å². The third-order valence-corrected chi connectivity index (χ3v) is 2.97. The quantitative estimate of drug-likeness (QED) is 0.912. The van der Waals surface area contributed by atoms with Crippen LogP contribution >= 0.6 is 11.6 Å². The Hall–Kier alpha value is -2.40. The van der Waals surface area contributed by atoms with Crippen molar-refractivity contribution < 1.29 is 14.0 Å². The standard InChI is InChI=1S/C15H12ClFN2O2/c16-11-7-4-8-12(17)14(11)15(21)18-9-13(20)19-10-5-2-1-3-6-10/h1-8H,9H2,(H,18,21)(H,19,20). The van der Waals surface area contributed by atoms with Crippen molar-refractivity contribution in [2.75, 3.05) is 11.9 Å². The average molecular weight is 307 g/mol. The number of hydrogen-bond acceptors (Lipinski definition) is 2. The molecule has 0 aliphatic rings. The number of halogens is 2. The highest BCUT2D eigenvalue weighted by atomic mass is 35.5. The number of para-hydroxylation sites is 1. The Morgan fingerprint density at radius 1 is 1.05 bits per heavy atom. The molecule has 0 aliphatic carbocycles. The van der Waals surface area contributed by atoms with E-state index in [2.05, 4.69) is 10.6 Å². The molecule has 6 heteroatoms. The molecule has 0 aliphatic heterocycles. The van der Waals surface area contributed by atoms with Crippen LogP contribution < -0.4 is 10.6 Å². The second-order valence-electron chi connectivity index (χ2n) is 4.19. The van der Waals surface area contributed by atoms with Gasteiger partial charge in [-0.1, -0.05) is 35.9 Å². The van der Waals surface area contributed by atoms with Gasteiger partial charge in [-0.2, -0.15) is 0 Å². The highest BCUT2D eigenvalue weighted by Crippen LogP contribution is 2.18. The van der Waals surface area contributed by atoms with E-state index in [4.69, 9.17) is 11.6 Å². The zero-order chi connectivity index (χ0) is 15.2.